The fourth-order valence-corrected chi connectivity index (χ4v) is 2.87. The highest BCUT2D eigenvalue weighted by molar-refractivity contribution is 5.92. The molecule has 1 aromatic heterocycles. The molecule has 0 aliphatic carbocycles. The van der Waals surface area contributed by atoms with Crippen molar-refractivity contribution in [3.63, 3.8) is 0 Å². The molecule has 1 N–H and O–H groups in total. The number of nitrogens with zero attached hydrogens (tertiary/aromatic N) is 4. The SMILES string of the molecule is CCN1CCN(C(=O)c2cc(C)nc(Nc3ccc(F)c(F)c3)n2)CC1. The summed E-state index contributed by atoms with van der Waals surface area (Å²) in [5, 5.41) is 2.82. The maximum absolute atomic E-state index is 13.4. The van der Waals surface area contributed by atoms with Crippen molar-refractivity contribution < 1.29 is 13.6 Å². The Balaban J connectivity index is 1.76. The van der Waals surface area contributed by atoms with Gasteiger partial charge in [0.15, 0.2) is 11.6 Å². The van der Waals surface area contributed by atoms with Crippen molar-refractivity contribution >= 4 is 17.5 Å². The van der Waals surface area contributed by atoms with Crippen LogP contribution in [0, 0.1) is 18.6 Å². The highest BCUT2D eigenvalue weighted by Gasteiger charge is 2.23. The number of piperazine rings is 1. The van der Waals surface area contributed by atoms with E-state index in [1.807, 2.05) is 0 Å². The average Bonchev–Trinajstić information content (AvgIpc) is 2.64. The second kappa shape index (κ2) is 7.74. The van der Waals surface area contributed by atoms with Crippen molar-refractivity contribution in [2.75, 3.05) is 38.0 Å². The van der Waals surface area contributed by atoms with Crippen molar-refractivity contribution in [2.24, 2.45) is 0 Å². The predicted molar refractivity (Wildman–Crippen MR) is 94.4 cm³/mol. The van der Waals surface area contributed by atoms with Crippen molar-refractivity contribution in [2.45, 2.75) is 13.8 Å². The molecule has 2 heterocycles. The van der Waals surface area contributed by atoms with Crippen molar-refractivity contribution in [3.05, 3.63) is 47.3 Å². The first-order valence-electron chi connectivity index (χ1n) is 8.55. The molecule has 1 saturated heterocycles. The molecule has 0 bridgehead atoms. The van der Waals surface area contributed by atoms with Gasteiger partial charge in [0.1, 0.15) is 5.69 Å². The summed E-state index contributed by atoms with van der Waals surface area (Å²) >= 11 is 0. The van der Waals surface area contributed by atoms with E-state index >= 15 is 0 Å². The molecule has 1 aliphatic rings. The smallest absolute Gasteiger partial charge is 0.272 e. The molecular formula is C18H21F2N5O. The second-order valence-corrected chi connectivity index (χ2v) is 6.20. The summed E-state index contributed by atoms with van der Waals surface area (Å²) in [6.07, 6.45) is 0. The average molecular weight is 361 g/mol. The van der Waals surface area contributed by atoms with Crippen LogP contribution in [0.4, 0.5) is 20.4 Å². The summed E-state index contributed by atoms with van der Waals surface area (Å²) in [6, 6.07) is 5.06. The lowest BCUT2D eigenvalue weighted by atomic mass is 10.2. The van der Waals surface area contributed by atoms with Crippen LogP contribution in [0.25, 0.3) is 0 Å². The van der Waals surface area contributed by atoms with E-state index in [4.69, 9.17) is 0 Å². The molecule has 1 fully saturated rings. The highest BCUT2D eigenvalue weighted by Crippen LogP contribution is 2.18. The van der Waals surface area contributed by atoms with Crippen LogP contribution in [0.3, 0.4) is 0 Å². The number of hydrogen-bond donors (Lipinski definition) is 1. The Morgan fingerprint density at radius 1 is 1.12 bits per heavy atom. The van der Waals surface area contributed by atoms with Gasteiger partial charge < -0.3 is 15.1 Å². The third kappa shape index (κ3) is 4.13. The van der Waals surface area contributed by atoms with Gasteiger partial charge in [-0.25, -0.2) is 18.7 Å². The first-order chi connectivity index (χ1) is 12.5. The Hall–Kier alpha value is -2.61. The number of halogens is 2. The maximum atomic E-state index is 13.4. The number of anilines is 2. The Morgan fingerprint density at radius 2 is 1.85 bits per heavy atom. The van der Waals surface area contributed by atoms with E-state index in [0.29, 0.717) is 24.5 Å². The molecule has 3 rings (SSSR count). The van der Waals surface area contributed by atoms with E-state index in [1.165, 1.54) is 6.07 Å². The molecule has 0 saturated carbocycles. The minimum absolute atomic E-state index is 0.153. The largest absolute Gasteiger partial charge is 0.335 e. The zero-order chi connectivity index (χ0) is 18.7. The van der Waals surface area contributed by atoms with Gasteiger partial charge in [-0.05, 0) is 31.7 Å². The number of carbonyl (C=O) groups is 1. The zero-order valence-electron chi connectivity index (χ0n) is 14.8. The number of aromatic nitrogens is 2. The van der Waals surface area contributed by atoms with Gasteiger partial charge >= 0.3 is 0 Å². The molecule has 2 aromatic rings. The molecule has 0 atom stereocenters. The number of benzene rings is 1. The van der Waals surface area contributed by atoms with Gasteiger partial charge in [0.2, 0.25) is 5.95 Å². The minimum atomic E-state index is -0.965. The molecule has 26 heavy (non-hydrogen) atoms. The van der Waals surface area contributed by atoms with E-state index in [1.54, 1.807) is 17.9 Å². The van der Waals surface area contributed by atoms with Crippen molar-refractivity contribution in [1.29, 1.82) is 0 Å². The van der Waals surface area contributed by atoms with Gasteiger partial charge in [-0.2, -0.15) is 0 Å². The summed E-state index contributed by atoms with van der Waals surface area (Å²) < 4.78 is 26.4. The zero-order valence-corrected chi connectivity index (χ0v) is 14.8. The fraction of sp³-hybridized carbons (Fsp3) is 0.389. The lowest BCUT2D eigenvalue weighted by molar-refractivity contribution is 0.0637. The van der Waals surface area contributed by atoms with Gasteiger partial charge in [-0.1, -0.05) is 6.92 Å². The monoisotopic (exact) mass is 361 g/mol. The number of rotatable bonds is 4. The van der Waals surface area contributed by atoms with Crippen molar-refractivity contribution in [1.82, 2.24) is 19.8 Å². The van der Waals surface area contributed by atoms with Crippen LogP contribution in [0.2, 0.25) is 0 Å². The standard InChI is InChI=1S/C18H21F2N5O/c1-3-24-6-8-25(9-7-24)17(26)16-10-12(2)21-18(23-16)22-13-4-5-14(19)15(20)11-13/h4-5,10-11H,3,6-9H2,1-2H3,(H,21,22,23). The summed E-state index contributed by atoms with van der Waals surface area (Å²) in [4.78, 5) is 25.3. The van der Waals surface area contributed by atoms with Crippen LogP contribution in [0.15, 0.2) is 24.3 Å². The number of amides is 1. The summed E-state index contributed by atoms with van der Waals surface area (Å²) in [5.74, 6) is -1.87. The maximum Gasteiger partial charge on any atom is 0.272 e. The number of nitrogens with one attached hydrogen (secondary N) is 1. The lowest BCUT2D eigenvalue weighted by Crippen LogP contribution is -2.48. The molecule has 0 spiro atoms. The third-order valence-corrected chi connectivity index (χ3v) is 4.36. The Kier molecular flexibility index (Phi) is 5.41. The summed E-state index contributed by atoms with van der Waals surface area (Å²) in [6.45, 7) is 7.81. The molecule has 1 aliphatic heterocycles. The lowest BCUT2D eigenvalue weighted by Gasteiger charge is -2.33. The summed E-state index contributed by atoms with van der Waals surface area (Å²) in [7, 11) is 0. The van der Waals surface area contributed by atoms with Gasteiger partial charge in [0.05, 0.1) is 0 Å². The highest BCUT2D eigenvalue weighted by atomic mass is 19.2. The molecule has 8 heteroatoms. The van der Waals surface area contributed by atoms with E-state index < -0.39 is 11.6 Å². The van der Waals surface area contributed by atoms with E-state index in [9.17, 15) is 13.6 Å². The van der Waals surface area contributed by atoms with Crippen LogP contribution < -0.4 is 5.32 Å². The molecule has 138 valence electrons. The second-order valence-electron chi connectivity index (χ2n) is 6.20. The number of hydrogen-bond acceptors (Lipinski definition) is 5. The molecular weight excluding hydrogens is 340 g/mol. The van der Waals surface area contributed by atoms with Crippen LogP contribution in [0.5, 0.6) is 0 Å². The van der Waals surface area contributed by atoms with Crippen molar-refractivity contribution in [3.8, 4) is 0 Å². The molecule has 1 amide bonds. The molecule has 6 nitrogen and oxygen atoms in total. The summed E-state index contributed by atoms with van der Waals surface area (Å²) in [5.41, 5.74) is 1.21. The molecule has 0 unspecified atom stereocenters. The van der Waals surface area contributed by atoms with E-state index in [0.717, 1.165) is 31.8 Å². The fourth-order valence-electron chi connectivity index (χ4n) is 2.87. The first-order valence-corrected chi connectivity index (χ1v) is 8.55. The van der Waals surface area contributed by atoms with E-state index in [-0.39, 0.29) is 17.5 Å². The third-order valence-electron chi connectivity index (χ3n) is 4.36. The van der Waals surface area contributed by atoms with Gasteiger partial charge in [-0.15, -0.1) is 0 Å². The van der Waals surface area contributed by atoms with Gasteiger partial charge in [-0.3, -0.25) is 4.79 Å². The Bertz CT molecular complexity index is 806. The number of carbonyl (C=O) groups excluding carboxylic acids is 1. The Labute approximate surface area is 150 Å². The normalized spacial score (nSPS) is 15.2. The first kappa shape index (κ1) is 18.2. The van der Waals surface area contributed by atoms with E-state index in [2.05, 4.69) is 27.1 Å². The van der Waals surface area contributed by atoms with Gasteiger partial charge in [0, 0.05) is 43.6 Å². The Morgan fingerprint density at radius 3 is 2.50 bits per heavy atom. The quantitative estimate of drug-likeness (QED) is 0.907. The van der Waals surface area contributed by atoms with Crippen LogP contribution >= 0.6 is 0 Å². The van der Waals surface area contributed by atoms with Crippen LogP contribution in [0.1, 0.15) is 23.1 Å². The predicted octanol–water partition coefficient (Wildman–Crippen LogP) is 2.58. The topological polar surface area (TPSA) is 61.4 Å². The minimum Gasteiger partial charge on any atom is -0.335 e. The van der Waals surface area contributed by atoms with Crippen LogP contribution in [-0.2, 0) is 0 Å². The molecule has 0 radical (unpaired) electrons. The van der Waals surface area contributed by atoms with Gasteiger partial charge in [0.25, 0.3) is 5.91 Å². The molecule has 1 aromatic carbocycles. The number of likely N-dealkylation sites (N-methyl/N-ethyl adjacent to an activating group) is 1. The van der Waals surface area contributed by atoms with Crippen LogP contribution in [-0.4, -0.2) is 58.4 Å². The number of aryl methyl sites for hydroxylation is 1.